The highest BCUT2D eigenvalue weighted by molar-refractivity contribution is 7.14. The van der Waals surface area contributed by atoms with Gasteiger partial charge in [-0.3, -0.25) is 0 Å². The molecule has 4 rings (SSSR count). The van der Waals surface area contributed by atoms with E-state index in [-0.39, 0.29) is 23.6 Å². The summed E-state index contributed by atoms with van der Waals surface area (Å²) in [6.07, 6.45) is 4.74. The number of hydrogen-bond donors (Lipinski definition) is 0. The Kier molecular flexibility index (Phi) is 3.39. The minimum atomic E-state index is -0.129. The van der Waals surface area contributed by atoms with E-state index in [1.54, 1.807) is 11.3 Å². The average molecular weight is 320 g/mol. The Morgan fingerprint density at radius 2 is 2.23 bits per heavy atom. The fraction of sp³-hybridized carbons (Fsp3) is 0.722. The Labute approximate surface area is 136 Å². The van der Waals surface area contributed by atoms with Crippen molar-refractivity contribution < 1.29 is 14.3 Å². The first-order valence-electron chi connectivity index (χ1n) is 8.41. The monoisotopic (exact) mass is 320 g/mol. The summed E-state index contributed by atoms with van der Waals surface area (Å²) in [6.45, 7) is 7.39. The van der Waals surface area contributed by atoms with Gasteiger partial charge in [-0.2, -0.15) is 0 Å². The van der Waals surface area contributed by atoms with Gasteiger partial charge in [-0.15, -0.1) is 11.3 Å². The van der Waals surface area contributed by atoms with Crippen molar-refractivity contribution in [2.24, 2.45) is 17.3 Å². The summed E-state index contributed by atoms with van der Waals surface area (Å²) in [5.74, 6) is 0.997. The molecular weight excluding hydrogens is 296 g/mol. The summed E-state index contributed by atoms with van der Waals surface area (Å²) < 4.78 is 11.7. The van der Waals surface area contributed by atoms with E-state index >= 15 is 0 Å². The molecule has 3 nitrogen and oxygen atoms in total. The molecule has 0 bridgehead atoms. The number of esters is 1. The molecular formula is C18H24O3S. The molecule has 3 aliphatic rings. The van der Waals surface area contributed by atoms with E-state index in [2.05, 4.69) is 26.8 Å². The van der Waals surface area contributed by atoms with Crippen LogP contribution in [-0.4, -0.2) is 24.8 Å². The van der Waals surface area contributed by atoms with E-state index in [0.717, 1.165) is 36.7 Å². The lowest BCUT2D eigenvalue weighted by atomic mass is 9.59. The molecule has 0 unspecified atom stereocenters. The number of carbonyl (C=O) groups excluding carboxylic acids is 1. The van der Waals surface area contributed by atoms with Crippen LogP contribution in [0.5, 0.6) is 0 Å². The second-order valence-electron chi connectivity index (χ2n) is 7.80. The van der Waals surface area contributed by atoms with Crippen LogP contribution in [0.4, 0.5) is 0 Å². The van der Waals surface area contributed by atoms with Crippen molar-refractivity contribution in [1.29, 1.82) is 0 Å². The van der Waals surface area contributed by atoms with Crippen LogP contribution in [0.25, 0.3) is 0 Å². The van der Waals surface area contributed by atoms with Gasteiger partial charge in [0.1, 0.15) is 11.0 Å². The third-order valence-electron chi connectivity index (χ3n) is 5.76. The van der Waals surface area contributed by atoms with Crippen LogP contribution in [0.3, 0.4) is 0 Å². The molecule has 120 valence electrons. The molecule has 22 heavy (non-hydrogen) atoms. The molecule has 2 heterocycles. The molecule has 0 N–H and O–H groups in total. The van der Waals surface area contributed by atoms with Gasteiger partial charge in [0.15, 0.2) is 0 Å². The number of ether oxygens (including phenoxy) is 2. The molecule has 1 aromatic rings. The smallest absolute Gasteiger partial charge is 0.348 e. The molecule has 2 fully saturated rings. The van der Waals surface area contributed by atoms with E-state index in [1.165, 1.54) is 16.9 Å². The van der Waals surface area contributed by atoms with Gasteiger partial charge in [-0.1, -0.05) is 20.8 Å². The van der Waals surface area contributed by atoms with Crippen molar-refractivity contribution in [2.75, 3.05) is 6.61 Å². The zero-order valence-electron chi connectivity index (χ0n) is 13.6. The number of hydrogen-bond acceptors (Lipinski definition) is 4. The van der Waals surface area contributed by atoms with Gasteiger partial charge in [-0.05, 0) is 43.2 Å². The Morgan fingerprint density at radius 1 is 1.41 bits per heavy atom. The van der Waals surface area contributed by atoms with Crippen LogP contribution >= 0.6 is 11.3 Å². The van der Waals surface area contributed by atoms with Crippen molar-refractivity contribution in [3.8, 4) is 0 Å². The van der Waals surface area contributed by atoms with Crippen LogP contribution in [0.15, 0.2) is 6.07 Å². The first-order chi connectivity index (χ1) is 10.5. The van der Waals surface area contributed by atoms with E-state index < -0.39 is 0 Å². The lowest BCUT2D eigenvalue weighted by Gasteiger charge is -2.53. The molecule has 0 spiro atoms. The lowest BCUT2D eigenvalue weighted by molar-refractivity contribution is -0.183. The van der Waals surface area contributed by atoms with E-state index in [0.29, 0.717) is 5.92 Å². The molecule has 2 aliphatic carbocycles. The Hall–Kier alpha value is -0.870. The fourth-order valence-electron chi connectivity index (χ4n) is 4.50. The quantitative estimate of drug-likeness (QED) is 0.777. The van der Waals surface area contributed by atoms with Gasteiger partial charge in [0, 0.05) is 22.8 Å². The van der Waals surface area contributed by atoms with Crippen molar-refractivity contribution in [3.63, 3.8) is 0 Å². The van der Waals surface area contributed by atoms with E-state index in [9.17, 15) is 4.79 Å². The van der Waals surface area contributed by atoms with Crippen molar-refractivity contribution in [3.05, 3.63) is 21.4 Å². The zero-order valence-corrected chi connectivity index (χ0v) is 14.4. The second-order valence-corrected chi connectivity index (χ2v) is 8.93. The fourth-order valence-corrected chi connectivity index (χ4v) is 5.59. The molecule has 1 saturated carbocycles. The summed E-state index contributed by atoms with van der Waals surface area (Å²) in [5.41, 5.74) is 1.31. The summed E-state index contributed by atoms with van der Waals surface area (Å²) in [4.78, 5) is 14.7. The molecule has 0 amide bonds. The summed E-state index contributed by atoms with van der Waals surface area (Å²) in [5, 5.41) is 0. The predicted octanol–water partition coefficient (Wildman–Crippen LogP) is 3.84. The molecule has 0 aromatic carbocycles. The van der Waals surface area contributed by atoms with Gasteiger partial charge < -0.3 is 9.47 Å². The maximum absolute atomic E-state index is 12.6. The van der Waals surface area contributed by atoms with Crippen LogP contribution in [0, 0.1) is 17.3 Å². The lowest BCUT2D eigenvalue weighted by Crippen LogP contribution is -2.61. The maximum Gasteiger partial charge on any atom is 0.348 e. The summed E-state index contributed by atoms with van der Waals surface area (Å²) in [6, 6.07) is 2.08. The predicted molar refractivity (Wildman–Crippen MR) is 86.3 cm³/mol. The van der Waals surface area contributed by atoms with Gasteiger partial charge in [-0.25, -0.2) is 4.79 Å². The Balaban J connectivity index is 1.49. The zero-order chi connectivity index (χ0) is 15.5. The topological polar surface area (TPSA) is 35.5 Å². The maximum atomic E-state index is 12.6. The first kappa shape index (κ1) is 14.7. The Morgan fingerprint density at radius 3 is 3.05 bits per heavy atom. The Bertz CT molecular complexity index is 603. The highest BCUT2D eigenvalue weighted by Crippen LogP contribution is 2.54. The number of rotatable bonds is 2. The van der Waals surface area contributed by atoms with E-state index in [4.69, 9.17) is 9.47 Å². The molecule has 4 heteroatoms. The van der Waals surface area contributed by atoms with Gasteiger partial charge in [0.2, 0.25) is 0 Å². The van der Waals surface area contributed by atoms with Crippen molar-refractivity contribution >= 4 is 17.3 Å². The number of thiophene rings is 1. The van der Waals surface area contributed by atoms with E-state index in [1.807, 2.05) is 0 Å². The molecule has 1 saturated heterocycles. The molecule has 4 atom stereocenters. The summed E-state index contributed by atoms with van der Waals surface area (Å²) >= 11 is 1.64. The highest BCUT2D eigenvalue weighted by atomic mass is 32.1. The van der Waals surface area contributed by atoms with Crippen LogP contribution in [-0.2, 0) is 22.3 Å². The second kappa shape index (κ2) is 5.07. The standard InChI is InChI=1S/C18H24O3S/c1-10-4-5-13-11(8-10)9-14(22-13)17(19)21-16-12-6-7-20-15(12)18(16,2)3/h9-10,12,15-16H,4-8H2,1-3H3/t10-,12-,15-,16-/m1/s1. The minimum Gasteiger partial charge on any atom is -0.457 e. The highest BCUT2D eigenvalue weighted by Gasteiger charge is 2.61. The first-order valence-corrected chi connectivity index (χ1v) is 9.22. The minimum absolute atomic E-state index is 0.00514. The number of carbonyl (C=O) groups is 1. The molecule has 0 radical (unpaired) electrons. The molecule has 1 aliphatic heterocycles. The van der Waals surface area contributed by atoms with Crippen LogP contribution in [0.1, 0.15) is 53.7 Å². The third-order valence-corrected chi connectivity index (χ3v) is 6.97. The van der Waals surface area contributed by atoms with Gasteiger partial charge in [0.25, 0.3) is 0 Å². The number of fused-ring (bicyclic) bond motifs is 2. The van der Waals surface area contributed by atoms with Crippen molar-refractivity contribution in [1.82, 2.24) is 0 Å². The van der Waals surface area contributed by atoms with Crippen LogP contribution < -0.4 is 0 Å². The summed E-state index contributed by atoms with van der Waals surface area (Å²) in [7, 11) is 0. The SMILES string of the molecule is C[C@@H]1CCc2sc(C(=O)O[C@@H]3[C@@H]4CCO[C@H]4C3(C)C)cc2C1. The largest absolute Gasteiger partial charge is 0.457 e. The average Bonchev–Trinajstić information content (AvgIpc) is 3.09. The van der Waals surface area contributed by atoms with Crippen molar-refractivity contribution in [2.45, 2.75) is 58.7 Å². The number of aryl methyl sites for hydroxylation is 1. The normalized spacial score (nSPS) is 35.4. The van der Waals surface area contributed by atoms with Crippen LogP contribution in [0.2, 0.25) is 0 Å². The third kappa shape index (κ3) is 2.15. The van der Waals surface area contributed by atoms with Gasteiger partial charge >= 0.3 is 5.97 Å². The van der Waals surface area contributed by atoms with Gasteiger partial charge in [0.05, 0.1) is 6.10 Å². The molecule has 1 aromatic heterocycles.